The summed E-state index contributed by atoms with van der Waals surface area (Å²) in [6.07, 6.45) is 0. The van der Waals surface area contributed by atoms with Crippen molar-refractivity contribution in [2.75, 3.05) is 5.32 Å². The van der Waals surface area contributed by atoms with Gasteiger partial charge < -0.3 is 10.1 Å². The molecule has 0 spiro atoms. The van der Waals surface area contributed by atoms with Gasteiger partial charge in [0.1, 0.15) is 16.7 Å². The van der Waals surface area contributed by atoms with Crippen molar-refractivity contribution in [3.05, 3.63) is 70.0 Å². The van der Waals surface area contributed by atoms with Crippen LogP contribution in [0, 0.1) is 6.92 Å². The van der Waals surface area contributed by atoms with Crippen molar-refractivity contribution in [2.45, 2.75) is 6.92 Å². The first-order valence-corrected chi connectivity index (χ1v) is 8.24. The molecule has 0 radical (unpaired) electrons. The molecule has 1 aromatic heterocycles. The average molecular weight is 376 g/mol. The fraction of sp³-hybridized carbons (Fsp3) is 0.111. The Morgan fingerprint density at radius 3 is 2.40 bits per heavy atom. The SMILES string of the molecule is Cc1nn(C)c(Cl)c1C(=O)Nc1ccc(Oc2ccccc2Cl)cc1. The van der Waals surface area contributed by atoms with E-state index in [0.29, 0.717) is 38.6 Å². The van der Waals surface area contributed by atoms with Crippen molar-refractivity contribution in [2.24, 2.45) is 7.05 Å². The standard InChI is InChI=1S/C18H15Cl2N3O2/c1-11-16(17(20)23(2)22-11)18(24)21-12-7-9-13(10-8-12)25-15-6-4-3-5-14(15)19/h3-10H,1-2H3,(H,21,24). The maximum Gasteiger partial charge on any atom is 0.260 e. The Morgan fingerprint density at radius 1 is 1.12 bits per heavy atom. The van der Waals surface area contributed by atoms with Gasteiger partial charge in [-0.1, -0.05) is 35.3 Å². The molecule has 1 heterocycles. The lowest BCUT2D eigenvalue weighted by atomic mass is 10.2. The molecular formula is C18H15Cl2N3O2. The van der Waals surface area contributed by atoms with Crippen molar-refractivity contribution < 1.29 is 9.53 Å². The number of rotatable bonds is 4. The van der Waals surface area contributed by atoms with Crippen LogP contribution in [-0.2, 0) is 7.05 Å². The number of anilines is 1. The Balaban J connectivity index is 1.72. The van der Waals surface area contributed by atoms with E-state index in [1.807, 2.05) is 12.1 Å². The average Bonchev–Trinajstić information content (AvgIpc) is 2.84. The molecule has 0 bridgehead atoms. The number of nitrogens with zero attached hydrogens (tertiary/aromatic N) is 2. The number of ether oxygens (including phenoxy) is 1. The number of hydrogen-bond acceptors (Lipinski definition) is 3. The van der Waals surface area contributed by atoms with Crippen LogP contribution < -0.4 is 10.1 Å². The number of para-hydroxylation sites is 1. The highest BCUT2D eigenvalue weighted by atomic mass is 35.5. The minimum absolute atomic E-state index is 0.300. The van der Waals surface area contributed by atoms with Gasteiger partial charge in [0.25, 0.3) is 5.91 Å². The monoisotopic (exact) mass is 375 g/mol. The minimum Gasteiger partial charge on any atom is -0.456 e. The van der Waals surface area contributed by atoms with Crippen LogP contribution in [0.3, 0.4) is 0 Å². The van der Waals surface area contributed by atoms with Gasteiger partial charge in [0.15, 0.2) is 0 Å². The van der Waals surface area contributed by atoms with Gasteiger partial charge >= 0.3 is 0 Å². The second kappa shape index (κ2) is 7.17. The third-order valence-corrected chi connectivity index (χ3v) is 4.30. The first kappa shape index (κ1) is 17.3. The molecule has 0 saturated heterocycles. The van der Waals surface area contributed by atoms with E-state index < -0.39 is 0 Å². The summed E-state index contributed by atoms with van der Waals surface area (Å²) in [4.78, 5) is 12.4. The topological polar surface area (TPSA) is 56.2 Å². The third kappa shape index (κ3) is 3.78. The van der Waals surface area contributed by atoms with E-state index in [0.717, 1.165) is 0 Å². The Bertz CT molecular complexity index is 921. The zero-order valence-electron chi connectivity index (χ0n) is 13.6. The van der Waals surface area contributed by atoms with E-state index in [1.54, 1.807) is 50.4 Å². The van der Waals surface area contributed by atoms with Gasteiger partial charge in [-0.3, -0.25) is 9.48 Å². The lowest BCUT2D eigenvalue weighted by Crippen LogP contribution is -2.13. The van der Waals surface area contributed by atoms with Gasteiger partial charge in [0, 0.05) is 12.7 Å². The van der Waals surface area contributed by atoms with E-state index in [2.05, 4.69) is 10.4 Å². The van der Waals surface area contributed by atoms with Crippen LogP contribution in [0.5, 0.6) is 11.5 Å². The molecule has 1 N–H and O–H groups in total. The van der Waals surface area contributed by atoms with Gasteiger partial charge in [0.05, 0.1) is 16.3 Å². The summed E-state index contributed by atoms with van der Waals surface area (Å²) in [6.45, 7) is 1.74. The molecule has 128 valence electrons. The first-order chi connectivity index (χ1) is 12.0. The molecule has 3 aromatic rings. The molecule has 0 saturated carbocycles. The second-order valence-corrected chi connectivity index (χ2v) is 6.15. The number of nitrogens with one attached hydrogen (secondary N) is 1. The van der Waals surface area contributed by atoms with Crippen molar-refractivity contribution in [3.8, 4) is 11.5 Å². The van der Waals surface area contributed by atoms with Crippen LogP contribution in [0.1, 0.15) is 16.1 Å². The first-order valence-electron chi connectivity index (χ1n) is 7.48. The summed E-state index contributed by atoms with van der Waals surface area (Å²) < 4.78 is 7.18. The number of aromatic nitrogens is 2. The van der Waals surface area contributed by atoms with E-state index in [1.165, 1.54) is 4.68 Å². The van der Waals surface area contributed by atoms with Gasteiger partial charge in [-0.15, -0.1) is 0 Å². The van der Waals surface area contributed by atoms with Crippen LogP contribution in [0.15, 0.2) is 48.5 Å². The smallest absolute Gasteiger partial charge is 0.260 e. The molecule has 0 atom stereocenters. The number of hydrogen-bond donors (Lipinski definition) is 1. The molecule has 0 unspecified atom stereocenters. The van der Waals surface area contributed by atoms with Crippen molar-refractivity contribution in [3.63, 3.8) is 0 Å². The van der Waals surface area contributed by atoms with Crippen molar-refractivity contribution in [1.82, 2.24) is 9.78 Å². The lowest BCUT2D eigenvalue weighted by molar-refractivity contribution is 0.102. The Morgan fingerprint density at radius 2 is 1.80 bits per heavy atom. The number of amides is 1. The van der Waals surface area contributed by atoms with Crippen molar-refractivity contribution in [1.29, 1.82) is 0 Å². The van der Waals surface area contributed by atoms with E-state index in [4.69, 9.17) is 27.9 Å². The predicted molar refractivity (Wildman–Crippen MR) is 98.9 cm³/mol. The molecule has 1 amide bonds. The van der Waals surface area contributed by atoms with Gasteiger partial charge in [0.2, 0.25) is 0 Å². The molecule has 0 aliphatic heterocycles. The van der Waals surface area contributed by atoms with Crippen LogP contribution in [-0.4, -0.2) is 15.7 Å². The molecule has 5 nitrogen and oxygen atoms in total. The number of carbonyl (C=O) groups excluding carboxylic acids is 1. The van der Waals surface area contributed by atoms with Crippen molar-refractivity contribution >= 4 is 34.8 Å². The molecular weight excluding hydrogens is 361 g/mol. The largest absolute Gasteiger partial charge is 0.456 e. The van der Waals surface area contributed by atoms with Crippen LogP contribution >= 0.6 is 23.2 Å². The maximum absolute atomic E-state index is 12.4. The van der Waals surface area contributed by atoms with Gasteiger partial charge in [-0.2, -0.15) is 5.10 Å². The summed E-state index contributed by atoms with van der Waals surface area (Å²) in [7, 11) is 1.69. The number of benzene rings is 2. The fourth-order valence-electron chi connectivity index (χ4n) is 2.34. The summed E-state index contributed by atoms with van der Waals surface area (Å²) >= 11 is 12.2. The van der Waals surface area contributed by atoms with Crippen LogP contribution in [0.25, 0.3) is 0 Å². The van der Waals surface area contributed by atoms with Gasteiger partial charge in [-0.05, 0) is 43.3 Å². The molecule has 3 rings (SSSR count). The summed E-state index contributed by atoms with van der Waals surface area (Å²) in [6, 6.07) is 14.2. The van der Waals surface area contributed by atoms with E-state index in [9.17, 15) is 4.79 Å². The predicted octanol–water partition coefficient (Wildman–Crippen LogP) is 5.08. The highest BCUT2D eigenvalue weighted by molar-refractivity contribution is 6.33. The maximum atomic E-state index is 12.4. The third-order valence-electron chi connectivity index (χ3n) is 3.56. The van der Waals surface area contributed by atoms with E-state index in [-0.39, 0.29) is 5.91 Å². The Hall–Kier alpha value is -2.50. The quantitative estimate of drug-likeness (QED) is 0.691. The molecule has 7 heteroatoms. The molecule has 0 aliphatic rings. The summed E-state index contributed by atoms with van der Waals surface area (Å²) in [5.41, 5.74) is 1.56. The van der Waals surface area contributed by atoms with E-state index >= 15 is 0 Å². The molecule has 25 heavy (non-hydrogen) atoms. The molecule has 2 aromatic carbocycles. The summed E-state index contributed by atoms with van der Waals surface area (Å²) in [5.74, 6) is 0.871. The minimum atomic E-state index is -0.310. The Kier molecular flexibility index (Phi) is 4.97. The highest BCUT2D eigenvalue weighted by Gasteiger charge is 2.19. The molecule has 0 fully saturated rings. The number of aryl methyl sites for hydroxylation is 2. The summed E-state index contributed by atoms with van der Waals surface area (Å²) in [5, 5.41) is 7.76. The second-order valence-electron chi connectivity index (χ2n) is 5.39. The van der Waals surface area contributed by atoms with Crippen LogP contribution in [0.4, 0.5) is 5.69 Å². The normalized spacial score (nSPS) is 10.6. The van der Waals surface area contributed by atoms with Crippen LogP contribution in [0.2, 0.25) is 10.2 Å². The number of carbonyl (C=O) groups is 1. The van der Waals surface area contributed by atoms with Gasteiger partial charge in [-0.25, -0.2) is 0 Å². The highest BCUT2D eigenvalue weighted by Crippen LogP contribution is 2.29. The molecule has 0 aliphatic carbocycles. The zero-order chi connectivity index (χ0) is 18.0. The lowest BCUT2D eigenvalue weighted by Gasteiger charge is -2.09. The fourth-order valence-corrected chi connectivity index (χ4v) is 2.78. The Labute approximate surface area is 155 Å². The number of halogens is 2. The zero-order valence-corrected chi connectivity index (χ0v) is 15.1.